The minimum absolute atomic E-state index is 0.0752. The Morgan fingerprint density at radius 3 is 2.95 bits per heavy atom. The molecule has 1 aromatic carbocycles. The van der Waals surface area contributed by atoms with Gasteiger partial charge in [-0.15, -0.1) is 0 Å². The molecular weight excluding hydrogens is 284 g/mol. The highest BCUT2D eigenvalue weighted by Gasteiger charge is 2.40. The van der Waals surface area contributed by atoms with Crippen molar-refractivity contribution in [3.05, 3.63) is 34.4 Å². The summed E-state index contributed by atoms with van der Waals surface area (Å²) in [6.45, 7) is 4.19. The van der Waals surface area contributed by atoms with E-state index in [1.807, 2.05) is 0 Å². The van der Waals surface area contributed by atoms with Crippen LogP contribution in [-0.4, -0.2) is 48.5 Å². The van der Waals surface area contributed by atoms with E-state index < -0.39 is 4.92 Å². The van der Waals surface area contributed by atoms with Gasteiger partial charge in [-0.05, 0) is 37.4 Å². The number of benzene rings is 1. The molecule has 1 amide bonds. The summed E-state index contributed by atoms with van der Waals surface area (Å²) in [5, 5.41) is 17.0. The van der Waals surface area contributed by atoms with Crippen molar-refractivity contribution in [2.45, 2.75) is 12.8 Å². The van der Waals surface area contributed by atoms with E-state index in [0.717, 1.165) is 39.0 Å². The molecule has 2 saturated heterocycles. The Morgan fingerprint density at radius 1 is 1.41 bits per heavy atom. The number of nitro groups is 1. The number of likely N-dealkylation sites (tertiary alicyclic amines) is 1. The summed E-state index contributed by atoms with van der Waals surface area (Å²) in [5.41, 5.74) is 0.502. The average Bonchev–Trinajstić information content (AvgIpc) is 3.10. The lowest BCUT2D eigenvalue weighted by molar-refractivity contribution is -0.383. The summed E-state index contributed by atoms with van der Waals surface area (Å²) < 4.78 is 0. The van der Waals surface area contributed by atoms with Gasteiger partial charge in [0.15, 0.2) is 0 Å². The Labute approximate surface area is 128 Å². The quantitative estimate of drug-likeness (QED) is 0.645. The van der Waals surface area contributed by atoms with Crippen LogP contribution in [0.4, 0.5) is 11.4 Å². The summed E-state index contributed by atoms with van der Waals surface area (Å²) in [4.78, 5) is 24.8. The molecule has 2 aliphatic rings. The Balaban J connectivity index is 1.58. The SMILES string of the molecule is O=C(CN1CCC2(CCNC2)C1)Nc1ccccc1[N+](=O)[O-]. The van der Waals surface area contributed by atoms with E-state index in [2.05, 4.69) is 15.5 Å². The van der Waals surface area contributed by atoms with Crippen LogP contribution in [-0.2, 0) is 4.79 Å². The minimum atomic E-state index is -0.481. The number of hydrogen-bond donors (Lipinski definition) is 2. The molecule has 2 heterocycles. The van der Waals surface area contributed by atoms with Crippen molar-refractivity contribution in [2.24, 2.45) is 5.41 Å². The number of anilines is 1. The first-order chi connectivity index (χ1) is 10.6. The fraction of sp³-hybridized carbons (Fsp3) is 0.533. The third-order valence-electron chi connectivity index (χ3n) is 4.59. The largest absolute Gasteiger partial charge is 0.319 e. The van der Waals surface area contributed by atoms with Crippen molar-refractivity contribution in [3.63, 3.8) is 0 Å². The lowest BCUT2D eigenvalue weighted by Crippen LogP contribution is -2.34. The van der Waals surface area contributed by atoms with E-state index in [0.29, 0.717) is 5.41 Å². The molecule has 0 saturated carbocycles. The minimum Gasteiger partial charge on any atom is -0.319 e. The van der Waals surface area contributed by atoms with Crippen LogP contribution in [0.2, 0.25) is 0 Å². The maximum absolute atomic E-state index is 12.2. The Bertz CT molecular complexity index is 584. The molecule has 0 aliphatic carbocycles. The van der Waals surface area contributed by atoms with Crippen LogP contribution >= 0.6 is 0 Å². The molecule has 2 aliphatic heterocycles. The number of amides is 1. The molecule has 22 heavy (non-hydrogen) atoms. The number of hydrogen-bond acceptors (Lipinski definition) is 5. The number of nitrogens with one attached hydrogen (secondary N) is 2. The highest BCUT2D eigenvalue weighted by Crippen LogP contribution is 2.35. The lowest BCUT2D eigenvalue weighted by Gasteiger charge is -2.22. The van der Waals surface area contributed by atoms with Crippen LogP contribution in [0.25, 0.3) is 0 Å². The zero-order chi connectivity index (χ0) is 15.6. The van der Waals surface area contributed by atoms with Crippen molar-refractivity contribution in [1.82, 2.24) is 10.2 Å². The smallest absolute Gasteiger partial charge is 0.292 e. The van der Waals surface area contributed by atoms with Gasteiger partial charge in [-0.3, -0.25) is 19.8 Å². The van der Waals surface area contributed by atoms with Crippen molar-refractivity contribution >= 4 is 17.3 Å². The molecular formula is C15H20N4O3. The van der Waals surface area contributed by atoms with Gasteiger partial charge in [-0.25, -0.2) is 0 Å². The van der Waals surface area contributed by atoms with Gasteiger partial charge >= 0.3 is 0 Å². The van der Waals surface area contributed by atoms with Crippen LogP contribution < -0.4 is 10.6 Å². The van der Waals surface area contributed by atoms with Gasteiger partial charge in [0.25, 0.3) is 5.69 Å². The van der Waals surface area contributed by atoms with Crippen LogP contribution in [0.5, 0.6) is 0 Å². The average molecular weight is 304 g/mol. The fourth-order valence-corrected chi connectivity index (χ4v) is 3.44. The Kier molecular flexibility index (Phi) is 4.08. The van der Waals surface area contributed by atoms with E-state index in [1.165, 1.54) is 6.07 Å². The monoisotopic (exact) mass is 304 g/mol. The highest BCUT2D eigenvalue weighted by molar-refractivity contribution is 5.94. The Hall–Kier alpha value is -1.99. The predicted molar refractivity (Wildman–Crippen MR) is 82.7 cm³/mol. The first-order valence-electron chi connectivity index (χ1n) is 7.54. The molecule has 1 spiro atoms. The zero-order valence-corrected chi connectivity index (χ0v) is 12.4. The number of carbonyl (C=O) groups excluding carboxylic acids is 1. The summed E-state index contributed by atoms with van der Waals surface area (Å²) in [5.74, 6) is -0.197. The number of para-hydroxylation sites is 2. The van der Waals surface area contributed by atoms with E-state index in [9.17, 15) is 14.9 Å². The molecule has 0 bridgehead atoms. The number of rotatable bonds is 4. The summed E-state index contributed by atoms with van der Waals surface area (Å²) >= 11 is 0. The highest BCUT2D eigenvalue weighted by atomic mass is 16.6. The summed E-state index contributed by atoms with van der Waals surface area (Å²) in [6.07, 6.45) is 2.27. The van der Waals surface area contributed by atoms with E-state index >= 15 is 0 Å². The van der Waals surface area contributed by atoms with Crippen LogP contribution in [0.3, 0.4) is 0 Å². The van der Waals surface area contributed by atoms with Crippen LogP contribution in [0.1, 0.15) is 12.8 Å². The van der Waals surface area contributed by atoms with E-state index in [1.54, 1.807) is 18.2 Å². The third-order valence-corrected chi connectivity index (χ3v) is 4.59. The molecule has 7 heteroatoms. The standard InChI is InChI=1S/C15H20N4O3/c20-14(17-12-3-1-2-4-13(12)19(21)22)9-18-8-6-15(11-18)5-7-16-10-15/h1-4,16H,5-11H2,(H,17,20). The molecule has 1 unspecified atom stereocenters. The van der Waals surface area contributed by atoms with Crippen molar-refractivity contribution < 1.29 is 9.72 Å². The zero-order valence-electron chi connectivity index (χ0n) is 12.4. The molecule has 0 aromatic heterocycles. The van der Waals surface area contributed by atoms with Crippen molar-refractivity contribution in [3.8, 4) is 0 Å². The normalized spacial score (nSPS) is 24.7. The second kappa shape index (κ2) is 6.02. The predicted octanol–water partition coefficient (Wildman–Crippen LogP) is 1.22. The molecule has 7 nitrogen and oxygen atoms in total. The van der Waals surface area contributed by atoms with Gasteiger partial charge in [-0.1, -0.05) is 12.1 Å². The van der Waals surface area contributed by atoms with Gasteiger partial charge in [-0.2, -0.15) is 0 Å². The maximum Gasteiger partial charge on any atom is 0.292 e. The molecule has 2 fully saturated rings. The summed E-state index contributed by atoms with van der Waals surface area (Å²) in [6, 6.07) is 6.22. The Morgan fingerprint density at radius 2 is 2.23 bits per heavy atom. The van der Waals surface area contributed by atoms with E-state index in [-0.39, 0.29) is 23.8 Å². The van der Waals surface area contributed by atoms with Gasteiger partial charge < -0.3 is 10.6 Å². The molecule has 0 radical (unpaired) electrons. The van der Waals surface area contributed by atoms with Crippen molar-refractivity contribution in [2.75, 3.05) is 38.0 Å². The van der Waals surface area contributed by atoms with Crippen LogP contribution in [0, 0.1) is 15.5 Å². The first-order valence-corrected chi connectivity index (χ1v) is 7.54. The second-order valence-corrected chi connectivity index (χ2v) is 6.21. The lowest BCUT2D eigenvalue weighted by atomic mass is 9.87. The second-order valence-electron chi connectivity index (χ2n) is 6.21. The molecule has 118 valence electrons. The van der Waals surface area contributed by atoms with Crippen molar-refractivity contribution in [1.29, 1.82) is 0 Å². The molecule has 1 aromatic rings. The van der Waals surface area contributed by atoms with E-state index in [4.69, 9.17) is 0 Å². The maximum atomic E-state index is 12.2. The third kappa shape index (κ3) is 3.10. The molecule has 3 rings (SSSR count). The first kappa shape index (κ1) is 14.9. The van der Waals surface area contributed by atoms with Gasteiger partial charge in [0.2, 0.25) is 5.91 Å². The molecule has 2 N–H and O–H groups in total. The number of nitro benzene ring substituents is 1. The topological polar surface area (TPSA) is 87.5 Å². The fourth-order valence-electron chi connectivity index (χ4n) is 3.44. The van der Waals surface area contributed by atoms with Gasteiger partial charge in [0.1, 0.15) is 5.69 Å². The number of nitrogens with zero attached hydrogens (tertiary/aromatic N) is 2. The van der Waals surface area contributed by atoms with Crippen LogP contribution in [0.15, 0.2) is 24.3 Å². The van der Waals surface area contributed by atoms with Gasteiger partial charge in [0.05, 0.1) is 11.5 Å². The number of carbonyl (C=O) groups is 1. The summed E-state index contributed by atoms with van der Waals surface area (Å²) in [7, 11) is 0. The molecule has 1 atom stereocenters. The van der Waals surface area contributed by atoms with Gasteiger partial charge in [0, 0.05) is 19.2 Å².